The molecule has 7 aromatic carbocycles. The molecule has 240 valence electrons. The molecule has 3 aromatic heterocycles. The molecule has 10 rings (SSSR count). The van der Waals surface area contributed by atoms with Gasteiger partial charge in [-0.3, -0.25) is 0 Å². The van der Waals surface area contributed by atoms with Crippen LogP contribution in [0.4, 0.5) is 17.1 Å². The third-order valence-electron chi connectivity index (χ3n) is 9.47. The van der Waals surface area contributed by atoms with Crippen LogP contribution in [0.15, 0.2) is 180 Å². The number of rotatable bonds is 6. The topological polar surface area (TPSA) is 42.2 Å². The molecular weight excluding hydrogens is 643 g/mol. The van der Waals surface area contributed by atoms with Gasteiger partial charge in [0.2, 0.25) is 0 Å². The first-order chi connectivity index (χ1) is 25.3. The number of nitrogens with zero attached hydrogens (tertiary/aromatic N) is 3. The number of thiophene rings is 1. The summed E-state index contributed by atoms with van der Waals surface area (Å²) >= 11 is 1.74. The summed E-state index contributed by atoms with van der Waals surface area (Å²) in [6.45, 7) is 0. The molecule has 10 aromatic rings. The molecular formula is C46H29N3OS. The molecule has 0 aliphatic heterocycles. The van der Waals surface area contributed by atoms with E-state index in [0.717, 1.165) is 71.4 Å². The van der Waals surface area contributed by atoms with Crippen LogP contribution in [0.3, 0.4) is 0 Å². The van der Waals surface area contributed by atoms with Crippen molar-refractivity contribution in [3.63, 3.8) is 0 Å². The maximum Gasteiger partial charge on any atom is 0.160 e. The second-order valence-electron chi connectivity index (χ2n) is 12.6. The van der Waals surface area contributed by atoms with Crippen LogP contribution in [0.25, 0.3) is 76.0 Å². The van der Waals surface area contributed by atoms with E-state index >= 15 is 0 Å². The Kier molecular flexibility index (Phi) is 6.96. The van der Waals surface area contributed by atoms with Gasteiger partial charge in [-0.05, 0) is 59.7 Å². The van der Waals surface area contributed by atoms with Crippen LogP contribution in [0.5, 0.6) is 0 Å². The average molecular weight is 672 g/mol. The zero-order chi connectivity index (χ0) is 33.7. The fraction of sp³-hybridized carbons (Fsp3) is 0. The maximum absolute atomic E-state index is 6.61. The molecule has 0 aliphatic rings. The van der Waals surface area contributed by atoms with Crippen molar-refractivity contribution >= 4 is 70.6 Å². The first kappa shape index (κ1) is 29.4. The molecule has 5 heteroatoms. The zero-order valence-electron chi connectivity index (χ0n) is 27.4. The third kappa shape index (κ3) is 5.06. The van der Waals surface area contributed by atoms with E-state index < -0.39 is 0 Å². The fourth-order valence-corrected chi connectivity index (χ4v) is 8.24. The predicted octanol–water partition coefficient (Wildman–Crippen LogP) is 13.2. The van der Waals surface area contributed by atoms with E-state index in [0.29, 0.717) is 5.82 Å². The first-order valence-electron chi connectivity index (χ1n) is 17.0. The van der Waals surface area contributed by atoms with Gasteiger partial charge in [0, 0.05) is 38.0 Å². The van der Waals surface area contributed by atoms with Crippen molar-refractivity contribution in [3.05, 3.63) is 176 Å². The largest absolute Gasteiger partial charge is 0.456 e. The molecule has 0 spiro atoms. The van der Waals surface area contributed by atoms with Crippen LogP contribution in [0.2, 0.25) is 0 Å². The lowest BCUT2D eigenvalue weighted by Crippen LogP contribution is -2.10. The van der Waals surface area contributed by atoms with Crippen LogP contribution in [-0.4, -0.2) is 9.97 Å². The van der Waals surface area contributed by atoms with Crippen molar-refractivity contribution < 1.29 is 4.42 Å². The zero-order valence-corrected chi connectivity index (χ0v) is 28.2. The molecule has 0 bridgehead atoms. The smallest absolute Gasteiger partial charge is 0.160 e. The lowest BCUT2D eigenvalue weighted by atomic mass is 10.0. The number of benzene rings is 7. The molecule has 0 amide bonds. The number of hydrogen-bond acceptors (Lipinski definition) is 5. The highest BCUT2D eigenvalue weighted by Crippen LogP contribution is 2.46. The van der Waals surface area contributed by atoms with Crippen molar-refractivity contribution in [2.45, 2.75) is 0 Å². The van der Waals surface area contributed by atoms with Crippen LogP contribution in [0.1, 0.15) is 0 Å². The van der Waals surface area contributed by atoms with Gasteiger partial charge < -0.3 is 9.32 Å². The lowest BCUT2D eigenvalue weighted by Gasteiger charge is -2.26. The van der Waals surface area contributed by atoms with Crippen LogP contribution in [0, 0.1) is 0 Å². The first-order valence-corrected chi connectivity index (χ1v) is 17.8. The minimum absolute atomic E-state index is 0.651. The minimum Gasteiger partial charge on any atom is -0.456 e. The summed E-state index contributed by atoms with van der Waals surface area (Å²) in [5.41, 5.74) is 10.9. The van der Waals surface area contributed by atoms with E-state index in [1.165, 1.54) is 15.8 Å². The van der Waals surface area contributed by atoms with Gasteiger partial charge in [-0.1, -0.05) is 127 Å². The van der Waals surface area contributed by atoms with E-state index in [1.807, 2.05) is 30.3 Å². The number of hydrogen-bond donors (Lipinski definition) is 0. The number of furan rings is 1. The van der Waals surface area contributed by atoms with Crippen molar-refractivity contribution in [3.8, 4) is 33.8 Å². The van der Waals surface area contributed by atoms with Gasteiger partial charge in [0.25, 0.3) is 0 Å². The molecule has 0 saturated carbocycles. The van der Waals surface area contributed by atoms with Gasteiger partial charge in [-0.15, -0.1) is 11.3 Å². The summed E-state index contributed by atoms with van der Waals surface area (Å²) in [5, 5.41) is 3.23. The number of fused-ring (bicyclic) bond motifs is 6. The highest BCUT2D eigenvalue weighted by atomic mass is 32.1. The Morgan fingerprint density at radius 1 is 0.471 bits per heavy atom. The molecule has 0 saturated heterocycles. The molecule has 0 atom stereocenters. The van der Waals surface area contributed by atoms with Crippen LogP contribution < -0.4 is 4.90 Å². The number of para-hydroxylation sites is 3. The lowest BCUT2D eigenvalue weighted by molar-refractivity contribution is 0.669. The van der Waals surface area contributed by atoms with E-state index in [-0.39, 0.29) is 0 Å². The maximum atomic E-state index is 6.61. The normalized spacial score (nSPS) is 11.5. The summed E-state index contributed by atoms with van der Waals surface area (Å²) in [4.78, 5) is 13.0. The molecule has 51 heavy (non-hydrogen) atoms. The molecule has 4 nitrogen and oxygen atoms in total. The van der Waals surface area contributed by atoms with E-state index in [4.69, 9.17) is 14.4 Å². The summed E-state index contributed by atoms with van der Waals surface area (Å²) in [5.74, 6) is 0.651. The Balaban J connectivity index is 1.24. The number of aromatic nitrogens is 2. The van der Waals surface area contributed by atoms with Crippen LogP contribution >= 0.6 is 11.3 Å². The van der Waals surface area contributed by atoms with E-state index in [9.17, 15) is 0 Å². The van der Waals surface area contributed by atoms with Crippen molar-refractivity contribution in [2.75, 3.05) is 4.90 Å². The van der Waals surface area contributed by atoms with Gasteiger partial charge in [-0.25, -0.2) is 9.97 Å². The Hall–Kier alpha value is -6.56. The SMILES string of the molecule is c1ccc(-c2ccc(-c3nc(-c4cc(N(c5ccccc5)c5ccccc5)c5c(c4)oc4ccccc45)nc4c3sc3ccccc34)cc2)cc1. The van der Waals surface area contributed by atoms with Gasteiger partial charge in [0.1, 0.15) is 11.2 Å². The molecule has 3 heterocycles. The Morgan fingerprint density at radius 3 is 1.78 bits per heavy atom. The third-order valence-corrected chi connectivity index (χ3v) is 10.6. The van der Waals surface area contributed by atoms with Crippen molar-refractivity contribution in [1.29, 1.82) is 0 Å². The van der Waals surface area contributed by atoms with Crippen molar-refractivity contribution in [2.24, 2.45) is 0 Å². The monoisotopic (exact) mass is 671 g/mol. The van der Waals surface area contributed by atoms with Gasteiger partial charge in [0.05, 0.1) is 27.0 Å². The Labute approximate surface area is 298 Å². The highest BCUT2D eigenvalue weighted by molar-refractivity contribution is 7.26. The molecule has 0 radical (unpaired) electrons. The van der Waals surface area contributed by atoms with E-state index in [1.54, 1.807) is 11.3 Å². The Bertz CT molecular complexity index is 2800. The minimum atomic E-state index is 0.651. The second-order valence-corrected chi connectivity index (χ2v) is 13.6. The average Bonchev–Trinajstić information content (AvgIpc) is 3.77. The summed E-state index contributed by atoms with van der Waals surface area (Å²) < 4.78 is 8.88. The van der Waals surface area contributed by atoms with Crippen molar-refractivity contribution in [1.82, 2.24) is 9.97 Å². The molecule has 0 aliphatic carbocycles. The standard InChI is InChI=1S/C46H29N3OS/c1-4-14-30(15-5-1)31-24-26-32(27-25-31)43-45-44(37-21-11-13-23-41(37)51-45)48-46(47-43)33-28-38(42-36-20-10-12-22-39(36)50-40(42)29-33)49(34-16-6-2-7-17-34)35-18-8-3-9-19-35/h1-29H. The number of anilines is 3. The van der Waals surface area contributed by atoms with Gasteiger partial charge >= 0.3 is 0 Å². The highest BCUT2D eigenvalue weighted by Gasteiger charge is 2.23. The quantitative estimate of drug-likeness (QED) is 0.176. The molecule has 0 fully saturated rings. The van der Waals surface area contributed by atoms with Gasteiger partial charge in [0.15, 0.2) is 5.82 Å². The summed E-state index contributed by atoms with van der Waals surface area (Å²) in [6.07, 6.45) is 0. The molecule has 0 unspecified atom stereocenters. The second kappa shape index (κ2) is 12.1. The van der Waals surface area contributed by atoms with Crippen LogP contribution in [-0.2, 0) is 0 Å². The summed E-state index contributed by atoms with van der Waals surface area (Å²) in [7, 11) is 0. The van der Waals surface area contributed by atoms with Gasteiger partial charge in [-0.2, -0.15) is 0 Å². The Morgan fingerprint density at radius 2 is 1.06 bits per heavy atom. The summed E-state index contributed by atoms with van der Waals surface area (Å²) in [6, 6.07) is 61.3. The predicted molar refractivity (Wildman–Crippen MR) is 213 cm³/mol. The molecule has 0 N–H and O–H groups in total. The fourth-order valence-electron chi connectivity index (χ4n) is 7.09. The van der Waals surface area contributed by atoms with E-state index in [2.05, 4.69) is 150 Å².